The molecule has 2 fully saturated rings. The number of carbonyl (C=O) groups excluding carboxylic acids is 1. The molecule has 114 valence electrons. The van der Waals surface area contributed by atoms with Crippen molar-refractivity contribution in [1.29, 1.82) is 0 Å². The highest BCUT2D eigenvalue weighted by Gasteiger charge is 2.30. The molecule has 1 atom stereocenters. The first-order chi connectivity index (χ1) is 10.2. The molecule has 4 nitrogen and oxygen atoms in total. The highest BCUT2D eigenvalue weighted by atomic mass is 16.5. The van der Waals surface area contributed by atoms with E-state index >= 15 is 0 Å². The number of ketones is 1. The zero-order valence-corrected chi connectivity index (χ0v) is 12.5. The van der Waals surface area contributed by atoms with Crippen LogP contribution in [0.2, 0.25) is 0 Å². The number of ether oxygens (including phenoxy) is 1. The van der Waals surface area contributed by atoms with Gasteiger partial charge in [-0.2, -0.15) is 0 Å². The van der Waals surface area contributed by atoms with Gasteiger partial charge in [0, 0.05) is 30.6 Å². The molecule has 1 saturated carbocycles. The molecule has 0 spiro atoms. The van der Waals surface area contributed by atoms with Crippen molar-refractivity contribution >= 4 is 5.78 Å². The summed E-state index contributed by atoms with van der Waals surface area (Å²) in [4.78, 5) is 14.3. The number of Topliss-reactive ketones (excluding diaryl/α,β-unsaturated/α-hetero) is 1. The molecule has 0 unspecified atom stereocenters. The normalized spacial score (nSPS) is 22.4. The Hall–Kier alpha value is -1.39. The lowest BCUT2D eigenvalue weighted by atomic mass is 10.1. The first-order valence-corrected chi connectivity index (χ1v) is 7.97. The summed E-state index contributed by atoms with van der Waals surface area (Å²) in [5, 5.41) is 0. The molecule has 3 rings (SSSR count). The van der Waals surface area contributed by atoms with Crippen LogP contribution < -0.4 is 10.5 Å². The first-order valence-electron chi connectivity index (χ1n) is 7.97. The number of benzene rings is 1. The molecular formula is C17H24N2O2. The summed E-state index contributed by atoms with van der Waals surface area (Å²) in [6.45, 7) is 3.88. The molecule has 0 aromatic heterocycles. The van der Waals surface area contributed by atoms with E-state index in [0.717, 1.165) is 56.6 Å². The number of carbonyl (C=O) groups is 1. The fourth-order valence-electron chi connectivity index (χ4n) is 2.84. The highest BCUT2D eigenvalue weighted by molar-refractivity contribution is 5.99. The van der Waals surface area contributed by atoms with Crippen LogP contribution in [0.25, 0.3) is 0 Å². The molecule has 1 aromatic rings. The third-order valence-electron chi connectivity index (χ3n) is 4.28. The molecule has 4 heteroatoms. The van der Waals surface area contributed by atoms with Gasteiger partial charge in [-0.05, 0) is 56.5 Å². The Kier molecular flexibility index (Phi) is 4.56. The van der Waals surface area contributed by atoms with Crippen LogP contribution in [0.4, 0.5) is 0 Å². The lowest BCUT2D eigenvalue weighted by Gasteiger charge is -2.15. The SMILES string of the molecule is N[C@H]1CCN(CCCOc2ccc(C(=O)C3CC3)cc2)C1. The number of nitrogens with two attached hydrogens (primary N) is 1. The van der Waals surface area contributed by atoms with Gasteiger partial charge in [-0.15, -0.1) is 0 Å². The zero-order chi connectivity index (χ0) is 14.7. The summed E-state index contributed by atoms with van der Waals surface area (Å²) in [7, 11) is 0. The van der Waals surface area contributed by atoms with Crippen molar-refractivity contribution in [2.75, 3.05) is 26.2 Å². The van der Waals surface area contributed by atoms with E-state index in [1.54, 1.807) is 0 Å². The minimum atomic E-state index is 0.281. The van der Waals surface area contributed by atoms with Crippen LogP contribution in [-0.4, -0.2) is 43.0 Å². The number of likely N-dealkylation sites (tertiary alicyclic amines) is 1. The smallest absolute Gasteiger partial charge is 0.165 e. The van der Waals surface area contributed by atoms with E-state index in [0.29, 0.717) is 12.6 Å². The van der Waals surface area contributed by atoms with Crippen LogP contribution in [0.3, 0.4) is 0 Å². The molecule has 1 saturated heterocycles. The Labute approximate surface area is 126 Å². The van der Waals surface area contributed by atoms with Crippen molar-refractivity contribution in [3.8, 4) is 5.75 Å². The second-order valence-corrected chi connectivity index (χ2v) is 6.21. The molecular weight excluding hydrogens is 264 g/mol. The van der Waals surface area contributed by atoms with Gasteiger partial charge >= 0.3 is 0 Å². The van der Waals surface area contributed by atoms with Crippen molar-refractivity contribution in [3.63, 3.8) is 0 Å². The zero-order valence-electron chi connectivity index (χ0n) is 12.5. The Bertz CT molecular complexity index is 482. The van der Waals surface area contributed by atoms with Crippen molar-refractivity contribution in [2.24, 2.45) is 11.7 Å². The molecule has 0 amide bonds. The fraction of sp³-hybridized carbons (Fsp3) is 0.588. The summed E-state index contributed by atoms with van der Waals surface area (Å²) in [6, 6.07) is 7.93. The van der Waals surface area contributed by atoms with E-state index in [4.69, 9.17) is 10.5 Å². The minimum absolute atomic E-state index is 0.281. The lowest BCUT2D eigenvalue weighted by Crippen LogP contribution is -2.28. The Morgan fingerprint density at radius 2 is 2.00 bits per heavy atom. The quantitative estimate of drug-likeness (QED) is 0.616. The maximum Gasteiger partial charge on any atom is 0.165 e. The minimum Gasteiger partial charge on any atom is -0.494 e. The van der Waals surface area contributed by atoms with Gasteiger partial charge in [-0.1, -0.05) is 0 Å². The van der Waals surface area contributed by atoms with Crippen molar-refractivity contribution < 1.29 is 9.53 Å². The van der Waals surface area contributed by atoms with Crippen molar-refractivity contribution in [2.45, 2.75) is 31.7 Å². The van der Waals surface area contributed by atoms with Crippen LogP contribution >= 0.6 is 0 Å². The van der Waals surface area contributed by atoms with Gasteiger partial charge in [-0.3, -0.25) is 4.79 Å². The molecule has 2 aliphatic rings. The van der Waals surface area contributed by atoms with Gasteiger partial charge in [-0.25, -0.2) is 0 Å². The van der Waals surface area contributed by atoms with E-state index < -0.39 is 0 Å². The highest BCUT2D eigenvalue weighted by Crippen LogP contribution is 2.32. The maximum absolute atomic E-state index is 11.9. The second-order valence-electron chi connectivity index (χ2n) is 6.21. The fourth-order valence-corrected chi connectivity index (χ4v) is 2.84. The van der Waals surface area contributed by atoms with Crippen LogP contribution in [-0.2, 0) is 0 Å². The summed E-state index contributed by atoms with van der Waals surface area (Å²) in [6.07, 6.45) is 4.22. The largest absolute Gasteiger partial charge is 0.494 e. The van der Waals surface area contributed by atoms with Gasteiger partial charge in [0.1, 0.15) is 5.75 Å². The topological polar surface area (TPSA) is 55.6 Å². The third kappa shape index (κ3) is 4.05. The number of rotatable bonds is 7. The molecule has 2 N–H and O–H groups in total. The van der Waals surface area contributed by atoms with Gasteiger partial charge in [0.15, 0.2) is 5.78 Å². The van der Waals surface area contributed by atoms with Gasteiger partial charge in [0.05, 0.1) is 6.61 Å². The van der Waals surface area contributed by atoms with Crippen LogP contribution in [0, 0.1) is 5.92 Å². The van der Waals surface area contributed by atoms with Crippen molar-refractivity contribution in [1.82, 2.24) is 4.90 Å². The molecule has 1 aliphatic heterocycles. The van der Waals surface area contributed by atoms with Crippen LogP contribution in [0.15, 0.2) is 24.3 Å². The third-order valence-corrected chi connectivity index (χ3v) is 4.28. The molecule has 1 aliphatic carbocycles. The average Bonchev–Trinajstić information content (AvgIpc) is 3.27. The second kappa shape index (κ2) is 6.58. The van der Waals surface area contributed by atoms with E-state index in [1.807, 2.05) is 24.3 Å². The summed E-state index contributed by atoms with van der Waals surface area (Å²) >= 11 is 0. The Morgan fingerprint density at radius 3 is 2.62 bits per heavy atom. The molecule has 0 bridgehead atoms. The molecule has 1 aromatic carbocycles. The maximum atomic E-state index is 11.9. The van der Waals surface area contributed by atoms with Crippen LogP contribution in [0.5, 0.6) is 5.75 Å². The monoisotopic (exact) mass is 288 g/mol. The molecule has 0 radical (unpaired) electrons. The van der Waals surface area contributed by atoms with E-state index in [1.165, 1.54) is 0 Å². The van der Waals surface area contributed by atoms with Gasteiger partial charge < -0.3 is 15.4 Å². The number of nitrogens with zero attached hydrogens (tertiary/aromatic N) is 1. The number of hydrogen-bond acceptors (Lipinski definition) is 4. The summed E-state index contributed by atoms with van der Waals surface area (Å²) in [5.41, 5.74) is 6.70. The van der Waals surface area contributed by atoms with Crippen LogP contribution in [0.1, 0.15) is 36.0 Å². The van der Waals surface area contributed by atoms with E-state index in [-0.39, 0.29) is 11.7 Å². The Balaban J connectivity index is 1.38. The Morgan fingerprint density at radius 1 is 1.24 bits per heavy atom. The predicted octanol–water partition coefficient (Wildman–Crippen LogP) is 2.08. The summed E-state index contributed by atoms with van der Waals surface area (Å²) in [5.74, 6) is 1.41. The average molecular weight is 288 g/mol. The van der Waals surface area contributed by atoms with Gasteiger partial charge in [0.2, 0.25) is 0 Å². The lowest BCUT2D eigenvalue weighted by molar-refractivity contribution is 0.0967. The van der Waals surface area contributed by atoms with E-state index in [2.05, 4.69) is 4.90 Å². The molecule has 21 heavy (non-hydrogen) atoms. The van der Waals surface area contributed by atoms with E-state index in [9.17, 15) is 4.79 Å². The standard InChI is InChI=1S/C17H24N2O2/c18-15-8-10-19(12-15)9-1-11-21-16-6-4-14(5-7-16)17(20)13-2-3-13/h4-7,13,15H,1-3,8-12,18H2/t15-/m0/s1. The number of hydrogen-bond donors (Lipinski definition) is 1. The van der Waals surface area contributed by atoms with Crippen molar-refractivity contribution in [3.05, 3.63) is 29.8 Å². The summed E-state index contributed by atoms with van der Waals surface area (Å²) < 4.78 is 5.73. The van der Waals surface area contributed by atoms with Gasteiger partial charge in [0.25, 0.3) is 0 Å². The molecule has 1 heterocycles. The first kappa shape index (κ1) is 14.5. The predicted molar refractivity (Wildman–Crippen MR) is 82.6 cm³/mol.